The Hall–Kier alpha value is -0.380. The summed E-state index contributed by atoms with van der Waals surface area (Å²) in [6.07, 6.45) is -4.59. The summed E-state index contributed by atoms with van der Waals surface area (Å²) >= 11 is 0. The average molecular weight is 303 g/mol. The van der Waals surface area contributed by atoms with Gasteiger partial charge in [0.1, 0.15) is 6.54 Å². The van der Waals surface area contributed by atoms with Crippen molar-refractivity contribution in [3.63, 3.8) is 0 Å². The van der Waals surface area contributed by atoms with Gasteiger partial charge in [0.05, 0.1) is 0 Å². The van der Waals surface area contributed by atoms with Gasteiger partial charge in [-0.05, 0) is 10.8 Å². The van der Waals surface area contributed by atoms with Crippen LogP contribution in [0.2, 0.25) is 0 Å². The number of alkyl halides is 3. The van der Waals surface area contributed by atoms with Crippen LogP contribution in [-0.4, -0.2) is 33.2 Å². The molecule has 0 heterocycles. The Kier molecular flexibility index (Phi) is 4.01. The van der Waals surface area contributed by atoms with Crippen molar-refractivity contribution in [1.29, 1.82) is 0 Å². The molecule has 0 bridgehead atoms. The summed E-state index contributed by atoms with van der Waals surface area (Å²) in [6.45, 7) is 5.52. The standard InChI is InChI=1S/C10H20F3N3O2S/c1-8(2)6(14)9(3,4)7(8)16-19(17,18)15-5-10(11,12)13/h6-7,15-16H,5,14H2,1-4H3. The Balaban J connectivity index is 2.74. The van der Waals surface area contributed by atoms with Gasteiger partial charge in [-0.1, -0.05) is 27.7 Å². The normalized spacial score (nSPS) is 29.9. The van der Waals surface area contributed by atoms with Crippen LogP contribution in [0.15, 0.2) is 0 Å². The highest BCUT2D eigenvalue weighted by Gasteiger charge is 2.61. The van der Waals surface area contributed by atoms with Gasteiger partial charge in [-0.25, -0.2) is 0 Å². The minimum atomic E-state index is -4.59. The molecule has 0 aliphatic heterocycles. The maximum absolute atomic E-state index is 12.0. The van der Waals surface area contributed by atoms with Gasteiger partial charge in [-0.2, -0.15) is 31.0 Å². The van der Waals surface area contributed by atoms with Crippen molar-refractivity contribution in [3.05, 3.63) is 0 Å². The van der Waals surface area contributed by atoms with E-state index in [4.69, 9.17) is 5.73 Å². The fourth-order valence-electron chi connectivity index (χ4n) is 2.86. The van der Waals surface area contributed by atoms with Crippen LogP contribution in [-0.2, 0) is 10.2 Å². The van der Waals surface area contributed by atoms with E-state index in [1.54, 1.807) is 27.7 Å². The molecule has 0 amide bonds. The predicted octanol–water partition coefficient (Wildman–Crippen LogP) is 0.735. The van der Waals surface area contributed by atoms with Crippen LogP contribution in [0.5, 0.6) is 0 Å². The van der Waals surface area contributed by atoms with Crippen LogP contribution < -0.4 is 15.2 Å². The largest absolute Gasteiger partial charge is 0.402 e. The first-order valence-corrected chi connectivity index (χ1v) is 7.28. The van der Waals surface area contributed by atoms with Crippen LogP contribution in [0, 0.1) is 10.8 Å². The lowest BCUT2D eigenvalue weighted by atomic mass is 9.49. The molecule has 1 saturated carbocycles. The molecule has 19 heavy (non-hydrogen) atoms. The van der Waals surface area contributed by atoms with Crippen LogP contribution in [0.4, 0.5) is 13.2 Å². The lowest BCUT2D eigenvalue weighted by Gasteiger charge is -2.62. The molecule has 0 atom stereocenters. The molecule has 0 radical (unpaired) electrons. The highest BCUT2D eigenvalue weighted by molar-refractivity contribution is 7.87. The van der Waals surface area contributed by atoms with E-state index in [0.29, 0.717) is 0 Å². The summed E-state index contributed by atoms with van der Waals surface area (Å²) in [5.41, 5.74) is 4.92. The Labute approximate surface area is 111 Å². The second kappa shape index (κ2) is 4.57. The van der Waals surface area contributed by atoms with Gasteiger partial charge >= 0.3 is 6.18 Å². The number of hydrogen-bond donors (Lipinski definition) is 3. The van der Waals surface area contributed by atoms with E-state index in [2.05, 4.69) is 4.72 Å². The number of nitrogens with two attached hydrogens (primary N) is 1. The fourth-order valence-corrected chi connectivity index (χ4v) is 4.21. The van der Waals surface area contributed by atoms with Crippen LogP contribution in [0.3, 0.4) is 0 Å². The third-order valence-electron chi connectivity index (χ3n) is 3.83. The summed E-state index contributed by atoms with van der Waals surface area (Å²) in [7, 11) is -4.22. The summed E-state index contributed by atoms with van der Waals surface area (Å²) in [6, 6.07) is -0.768. The molecule has 1 rings (SSSR count). The van der Waals surface area contributed by atoms with Crippen molar-refractivity contribution >= 4 is 10.2 Å². The van der Waals surface area contributed by atoms with Gasteiger partial charge < -0.3 is 5.73 Å². The van der Waals surface area contributed by atoms with Crippen molar-refractivity contribution in [3.8, 4) is 0 Å². The molecular weight excluding hydrogens is 283 g/mol. The Morgan fingerprint density at radius 1 is 1.16 bits per heavy atom. The molecule has 1 aliphatic carbocycles. The van der Waals surface area contributed by atoms with Crippen LogP contribution in [0.1, 0.15) is 27.7 Å². The van der Waals surface area contributed by atoms with E-state index >= 15 is 0 Å². The lowest BCUT2D eigenvalue weighted by Crippen LogP contribution is -2.76. The zero-order chi connectivity index (χ0) is 15.3. The number of nitrogens with one attached hydrogen (secondary N) is 2. The molecule has 0 spiro atoms. The van der Waals surface area contributed by atoms with E-state index in [9.17, 15) is 21.6 Å². The van der Waals surface area contributed by atoms with Crippen molar-refractivity contribution < 1.29 is 21.6 Å². The SMILES string of the molecule is CC1(C)C(N)C(C)(C)C1NS(=O)(=O)NCC(F)(F)F. The van der Waals surface area contributed by atoms with Crippen LogP contribution in [0.25, 0.3) is 0 Å². The molecule has 0 aromatic heterocycles. The fraction of sp³-hybridized carbons (Fsp3) is 1.00. The van der Waals surface area contributed by atoms with E-state index < -0.39 is 39.8 Å². The van der Waals surface area contributed by atoms with Gasteiger partial charge in [-0.15, -0.1) is 0 Å². The molecule has 0 unspecified atom stereocenters. The second-order valence-corrected chi connectivity index (χ2v) is 7.64. The minimum absolute atomic E-state index is 0.240. The van der Waals surface area contributed by atoms with E-state index in [0.717, 1.165) is 0 Å². The van der Waals surface area contributed by atoms with Gasteiger partial charge in [0.15, 0.2) is 0 Å². The zero-order valence-corrected chi connectivity index (χ0v) is 12.1. The molecule has 1 fully saturated rings. The highest BCUT2D eigenvalue weighted by Crippen LogP contribution is 2.52. The van der Waals surface area contributed by atoms with Crippen molar-refractivity contribution in [2.45, 2.75) is 46.0 Å². The topological polar surface area (TPSA) is 84.2 Å². The quantitative estimate of drug-likeness (QED) is 0.716. The van der Waals surface area contributed by atoms with Gasteiger partial charge in [-0.3, -0.25) is 0 Å². The molecule has 9 heteroatoms. The van der Waals surface area contributed by atoms with Crippen molar-refractivity contribution in [2.24, 2.45) is 16.6 Å². The highest BCUT2D eigenvalue weighted by atomic mass is 32.2. The van der Waals surface area contributed by atoms with Gasteiger partial charge in [0.2, 0.25) is 0 Å². The summed E-state index contributed by atoms with van der Waals surface area (Å²) in [5.74, 6) is 0. The molecule has 4 N–H and O–H groups in total. The molecular formula is C10H20F3N3O2S. The number of rotatable bonds is 4. The summed E-state index contributed by atoms with van der Waals surface area (Å²) in [4.78, 5) is 0. The molecule has 0 aromatic rings. The Bertz CT molecular complexity index is 429. The average Bonchev–Trinajstić information content (AvgIpc) is 2.21. The third kappa shape index (κ3) is 3.39. The predicted molar refractivity (Wildman–Crippen MR) is 65.4 cm³/mol. The lowest BCUT2D eigenvalue weighted by molar-refractivity contribution is -0.121. The van der Waals surface area contributed by atoms with Gasteiger partial charge in [0, 0.05) is 12.1 Å². The minimum Gasteiger partial charge on any atom is -0.327 e. The van der Waals surface area contributed by atoms with Crippen LogP contribution >= 0.6 is 0 Å². The summed E-state index contributed by atoms with van der Waals surface area (Å²) < 4.78 is 63.0. The molecule has 0 saturated heterocycles. The van der Waals surface area contributed by atoms with Gasteiger partial charge in [0.25, 0.3) is 10.2 Å². The zero-order valence-electron chi connectivity index (χ0n) is 11.3. The first-order chi connectivity index (χ1) is 8.20. The Morgan fingerprint density at radius 2 is 1.58 bits per heavy atom. The van der Waals surface area contributed by atoms with Crippen molar-refractivity contribution in [1.82, 2.24) is 9.44 Å². The van der Waals surface area contributed by atoms with E-state index in [1.165, 1.54) is 4.72 Å². The monoisotopic (exact) mass is 303 g/mol. The maximum Gasteiger partial charge on any atom is 0.402 e. The smallest absolute Gasteiger partial charge is 0.327 e. The maximum atomic E-state index is 12.0. The van der Waals surface area contributed by atoms with E-state index in [-0.39, 0.29) is 6.04 Å². The first kappa shape index (κ1) is 16.7. The van der Waals surface area contributed by atoms with E-state index in [1.807, 2.05) is 0 Å². The molecule has 1 aliphatic rings. The number of hydrogen-bond acceptors (Lipinski definition) is 3. The summed E-state index contributed by atoms with van der Waals surface area (Å²) in [5, 5.41) is 0. The molecule has 114 valence electrons. The molecule has 0 aromatic carbocycles. The second-order valence-electron chi connectivity index (χ2n) is 6.11. The Morgan fingerprint density at radius 3 is 1.95 bits per heavy atom. The molecule has 5 nitrogen and oxygen atoms in total. The number of halogens is 3. The first-order valence-electron chi connectivity index (χ1n) is 5.79. The third-order valence-corrected chi connectivity index (χ3v) is 4.90. The van der Waals surface area contributed by atoms with Crippen molar-refractivity contribution in [2.75, 3.05) is 6.54 Å².